The number of thiazole rings is 1. The van der Waals surface area contributed by atoms with Crippen LogP contribution in [-0.4, -0.2) is 16.9 Å². The van der Waals surface area contributed by atoms with Crippen molar-refractivity contribution in [1.29, 1.82) is 0 Å². The zero-order chi connectivity index (χ0) is 18.0. The molecule has 1 aromatic heterocycles. The van der Waals surface area contributed by atoms with Gasteiger partial charge in [-0.05, 0) is 44.0 Å². The molecule has 130 valence electrons. The van der Waals surface area contributed by atoms with Crippen LogP contribution in [0.2, 0.25) is 0 Å². The molecule has 25 heavy (non-hydrogen) atoms. The van der Waals surface area contributed by atoms with E-state index >= 15 is 0 Å². The highest BCUT2D eigenvalue weighted by Crippen LogP contribution is 2.25. The molecule has 0 bridgehead atoms. The highest BCUT2D eigenvalue weighted by Gasteiger charge is 2.18. The summed E-state index contributed by atoms with van der Waals surface area (Å²) in [5, 5.41) is 9.38. The minimum absolute atomic E-state index is 0.0617. The second kappa shape index (κ2) is 7.33. The molecule has 0 saturated carbocycles. The van der Waals surface area contributed by atoms with Crippen molar-refractivity contribution in [2.45, 2.75) is 39.8 Å². The van der Waals surface area contributed by atoms with Crippen LogP contribution in [0, 0.1) is 13.8 Å². The summed E-state index contributed by atoms with van der Waals surface area (Å²) in [5.41, 5.74) is 2.16. The summed E-state index contributed by atoms with van der Waals surface area (Å²) >= 11 is 1.51. The molecule has 0 aliphatic carbocycles. The molecule has 0 fully saturated rings. The number of nitrogens with one attached hydrogen (secondary N) is 2. The summed E-state index contributed by atoms with van der Waals surface area (Å²) in [6.45, 7) is 7.92. The quantitative estimate of drug-likeness (QED) is 0.705. The van der Waals surface area contributed by atoms with Crippen LogP contribution >= 0.6 is 11.3 Å². The van der Waals surface area contributed by atoms with Crippen LogP contribution in [0.3, 0.4) is 0 Å². The average molecular weight is 353 g/mol. The molecule has 0 saturated heterocycles. The SMILES string of the molecule is Cc1nc(NC(=O)C(C)NC(C)c2cccc3ccccc23)sc1C. The van der Waals surface area contributed by atoms with Gasteiger partial charge in [0.05, 0.1) is 11.7 Å². The lowest BCUT2D eigenvalue weighted by Gasteiger charge is -2.21. The molecule has 3 aromatic rings. The molecule has 0 aliphatic heterocycles. The predicted molar refractivity (Wildman–Crippen MR) is 105 cm³/mol. The molecular weight excluding hydrogens is 330 g/mol. The van der Waals surface area contributed by atoms with E-state index in [0.29, 0.717) is 5.13 Å². The van der Waals surface area contributed by atoms with Crippen molar-refractivity contribution in [3.63, 3.8) is 0 Å². The van der Waals surface area contributed by atoms with Crippen LogP contribution in [0.15, 0.2) is 42.5 Å². The Kier molecular flexibility index (Phi) is 5.16. The summed E-state index contributed by atoms with van der Waals surface area (Å²) in [6, 6.07) is 14.3. The van der Waals surface area contributed by atoms with Gasteiger partial charge in [0.25, 0.3) is 0 Å². The van der Waals surface area contributed by atoms with Crippen molar-refractivity contribution < 1.29 is 4.79 Å². The summed E-state index contributed by atoms with van der Waals surface area (Å²) in [5.74, 6) is -0.0687. The van der Waals surface area contributed by atoms with Crippen LogP contribution in [0.4, 0.5) is 5.13 Å². The number of fused-ring (bicyclic) bond motifs is 1. The van der Waals surface area contributed by atoms with Gasteiger partial charge >= 0.3 is 0 Å². The minimum atomic E-state index is -0.321. The maximum atomic E-state index is 12.5. The Morgan fingerprint density at radius 1 is 1.08 bits per heavy atom. The Bertz CT molecular complexity index is 878. The Morgan fingerprint density at radius 3 is 2.52 bits per heavy atom. The largest absolute Gasteiger partial charge is 0.301 e. The number of nitrogens with zero attached hydrogens (tertiary/aromatic N) is 1. The van der Waals surface area contributed by atoms with E-state index in [1.54, 1.807) is 0 Å². The number of rotatable bonds is 5. The number of anilines is 1. The Labute approximate surface area is 152 Å². The third-order valence-electron chi connectivity index (χ3n) is 4.44. The van der Waals surface area contributed by atoms with Crippen LogP contribution in [0.1, 0.15) is 36.0 Å². The zero-order valence-electron chi connectivity index (χ0n) is 15.0. The van der Waals surface area contributed by atoms with E-state index in [-0.39, 0.29) is 18.0 Å². The van der Waals surface area contributed by atoms with Gasteiger partial charge in [-0.3, -0.25) is 10.1 Å². The van der Waals surface area contributed by atoms with Crippen molar-refractivity contribution in [1.82, 2.24) is 10.3 Å². The molecule has 3 rings (SSSR count). The van der Waals surface area contributed by atoms with E-state index in [2.05, 4.69) is 52.9 Å². The molecule has 2 aromatic carbocycles. The van der Waals surface area contributed by atoms with Crippen molar-refractivity contribution in [3.05, 3.63) is 58.6 Å². The van der Waals surface area contributed by atoms with Gasteiger partial charge in [0.15, 0.2) is 5.13 Å². The van der Waals surface area contributed by atoms with Gasteiger partial charge in [-0.25, -0.2) is 4.98 Å². The lowest BCUT2D eigenvalue weighted by molar-refractivity contribution is -0.117. The smallest absolute Gasteiger partial charge is 0.243 e. The topological polar surface area (TPSA) is 54.0 Å². The van der Waals surface area contributed by atoms with E-state index in [1.165, 1.54) is 27.7 Å². The van der Waals surface area contributed by atoms with Crippen LogP contribution in [0.5, 0.6) is 0 Å². The number of hydrogen-bond donors (Lipinski definition) is 2. The summed E-state index contributed by atoms with van der Waals surface area (Å²) in [6.07, 6.45) is 0. The molecule has 2 N–H and O–H groups in total. The van der Waals surface area contributed by atoms with Crippen molar-refractivity contribution >= 4 is 33.1 Å². The molecule has 2 atom stereocenters. The first-order valence-electron chi connectivity index (χ1n) is 8.44. The number of amides is 1. The molecule has 1 amide bonds. The standard InChI is InChI=1S/C20H23N3OS/c1-12-15(4)25-20(22-12)23-19(24)14(3)21-13(2)17-11-7-9-16-8-5-6-10-18(16)17/h5-11,13-14,21H,1-4H3,(H,22,23,24). The van der Waals surface area contributed by atoms with Gasteiger partial charge in [-0.15, -0.1) is 11.3 Å². The van der Waals surface area contributed by atoms with E-state index in [9.17, 15) is 4.79 Å². The van der Waals surface area contributed by atoms with Crippen molar-refractivity contribution in [3.8, 4) is 0 Å². The molecule has 0 aliphatic rings. The number of aromatic nitrogens is 1. The van der Waals surface area contributed by atoms with Gasteiger partial charge in [0.1, 0.15) is 0 Å². The third-order valence-corrected chi connectivity index (χ3v) is 5.43. The van der Waals surface area contributed by atoms with Crippen LogP contribution < -0.4 is 10.6 Å². The molecule has 2 unspecified atom stereocenters. The molecule has 5 heteroatoms. The zero-order valence-corrected chi connectivity index (χ0v) is 15.8. The van der Waals surface area contributed by atoms with E-state index < -0.39 is 0 Å². The molecule has 0 radical (unpaired) electrons. The lowest BCUT2D eigenvalue weighted by Crippen LogP contribution is -2.39. The van der Waals surface area contributed by atoms with Crippen molar-refractivity contribution in [2.24, 2.45) is 0 Å². The van der Waals surface area contributed by atoms with Crippen LogP contribution in [-0.2, 0) is 4.79 Å². The van der Waals surface area contributed by atoms with E-state index in [1.807, 2.05) is 32.9 Å². The minimum Gasteiger partial charge on any atom is -0.301 e. The fourth-order valence-corrected chi connectivity index (χ4v) is 3.73. The monoisotopic (exact) mass is 353 g/mol. The highest BCUT2D eigenvalue weighted by atomic mass is 32.1. The number of benzene rings is 2. The Hall–Kier alpha value is -2.24. The number of carbonyl (C=O) groups excluding carboxylic acids is 1. The first-order valence-corrected chi connectivity index (χ1v) is 9.26. The van der Waals surface area contributed by atoms with Gasteiger partial charge < -0.3 is 5.32 Å². The summed E-state index contributed by atoms with van der Waals surface area (Å²) in [4.78, 5) is 18.0. The first kappa shape index (κ1) is 17.6. The predicted octanol–water partition coefficient (Wildman–Crippen LogP) is 4.59. The normalized spacial score (nSPS) is 13.6. The van der Waals surface area contributed by atoms with Gasteiger partial charge in [0, 0.05) is 10.9 Å². The number of carbonyl (C=O) groups is 1. The Morgan fingerprint density at radius 2 is 1.80 bits per heavy atom. The van der Waals surface area contributed by atoms with E-state index in [0.717, 1.165) is 10.6 Å². The fourth-order valence-electron chi connectivity index (χ4n) is 2.91. The molecule has 0 spiro atoms. The summed E-state index contributed by atoms with van der Waals surface area (Å²) < 4.78 is 0. The summed E-state index contributed by atoms with van der Waals surface area (Å²) in [7, 11) is 0. The molecule has 1 heterocycles. The van der Waals surface area contributed by atoms with Gasteiger partial charge in [-0.2, -0.15) is 0 Å². The Balaban J connectivity index is 1.71. The maximum absolute atomic E-state index is 12.5. The van der Waals surface area contributed by atoms with Gasteiger partial charge in [0.2, 0.25) is 5.91 Å². The maximum Gasteiger partial charge on any atom is 0.243 e. The fraction of sp³-hybridized carbons (Fsp3) is 0.300. The number of aryl methyl sites for hydroxylation is 2. The average Bonchev–Trinajstić information content (AvgIpc) is 2.91. The number of hydrogen-bond acceptors (Lipinski definition) is 4. The van der Waals surface area contributed by atoms with Crippen molar-refractivity contribution in [2.75, 3.05) is 5.32 Å². The van der Waals surface area contributed by atoms with Gasteiger partial charge in [-0.1, -0.05) is 42.5 Å². The second-order valence-corrected chi connectivity index (χ2v) is 7.53. The van der Waals surface area contributed by atoms with E-state index in [4.69, 9.17) is 0 Å². The second-order valence-electron chi connectivity index (χ2n) is 6.33. The lowest BCUT2D eigenvalue weighted by atomic mass is 9.99. The van der Waals surface area contributed by atoms with Crippen LogP contribution in [0.25, 0.3) is 10.8 Å². The molecule has 4 nitrogen and oxygen atoms in total. The third kappa shape index (κ3) is 3.89. The first-order chi connectivity index (χ1) is 12.0. The highest BCUT2D eigenvalue weighted by molar-refractivity contribution is 7.15. The molecular formula is C20H23N3OS.